The highest BCUT2D eigenvalue weighted by Gasteiger charge is 2.24. The van der Waals surface area contributed by atoms with Crippen LogP contribution in [0.1, 0.15) is 18.4 Å². The summed E-state index contributed by atoms with van der Waals surface area (Å²) in [6, 6.07) is 3.59. The Hall–Kier alpha value is -1.39. The van der Waals surface area contributed by atoms with Crippen molar-refractivity contribution in [3.63, 3.8) is 0 Å². The molecule has 1 unspecified atom stereocenters. The number of likely N-dealkylation sites (tertiary alicyclic amines) is 1. The van der Waals surface area contributed by atoms with Gasteiger partial charge in [0.25, 0.3) is 0 Å². The van der Waals surface area contributed by atoms with Gasteiger partial charge >= 0.3 is 0 Å². The first-order valence-electron chi connectivity index (χ1n) is 6.65. The van der Waals surface area contributed by atoms with E-state index in [2.05, 4.69) is 23.8 Å². The zero-order valence-corrected chi connectivity index (χ0v) is 13.0. The maximum Gasteiger partial charge on any atom is 0.150 e. The Balaban J connectivity index is 2.30. The fraction of sp³-hybridized carbons (Fsp3) is 0.467. The first kappa shape index (κ1) is 15.0. The molecule has 110 valence electrons. The van der Waals surface area contributed by atoms with E-state index in [-0.39, 0.29) is 6.17 Å². The fourth-order valence-corrected chi connectivity index (χ4v) is 2.80. The molecule has 0 radical (unpaired) electrons. The second kappa shape index (κ2) is 6.37. The lowest BCUT2D eigenvalue weighted by Crippen LogP contribution is -2.37. The van der Waals surface area contributed by atoms with E-state index in [4.69, 9.17) is 21.1 Å². The first-order chi connectivity index (χ1) is 9.58. The van der Waals surface area contributed by atoms with Gasteiger partial charge in [0, 0.05) is 5.70 Å². The highest BCUT2D eigenvalue weighted by Crippen LogP contribution is 2.39. The van der Waals surface area contributed by atoms with Crippen LogP contribution in [0.2, 0.25) is 5.02 Å². The van der Waals surface area contributed by atoms with Crippen LogP contribution >= 0.6 is 11.6 Å². The van der Waals surface area contributed by atoms with Gasteiger partial charge in [0.15, 0.2) is 0 Å². The molecule has 1 fully saturated rings. The lowest BCUT2D eigenvalue weighted by molar-refractivity contribution is 0.290. The molecule has 1 aromatic carbocycles. The minimum Gasteiger partial charge on any atom is -0.496 e. The lowest BCUT2D eigenvalue weighted by atomic mass is 10.1. The topological polar surface area (TPSA) is 33.7 Å². The molecular formula is C15H21ClN2O2. The molecule has 0 aromatic heterocycles. The van der Waals surface area contributed by atoms with Gasteiger partial charge in [-0.15, -0.1) is 0 Å². The summed E-state index contributed by atoms with van der Waals surface area (Å²) >= 11 is 6.19. The third kappa shape index (κ3) is 2.86. The van der Waals surface area contributed by atoms with E-state index in [1.54, 1.807) is 20.3 Å². The van der Waals surface area contributed by atoms with Crippen molar-refractivity contribution in [3.8, 4) is 11.5 Å². The number of ether oxygens (including phenoxy) is 2. The molecule has 1 N–H and O–H groups in total. The second-order valence-corrected chi connectivity index (χ2v) is 5.33. The van der Waals surface area contributed by atoms with Crippen molar-refractivity contribution >= 4 is 17.3 Å². The predicted octanol–water partition coefficient (Wildman–Crippen LogP) is 2.97. The second-order valence-electron chi connectivity index (χ2n) is 4.92. The molecule has 2 rings (SSSR count). The smallest absolute Gasteiger partial charge is 0.150 e. The van der Waals surface area contributed by atoms with Gasteiger partial charge in [-0.3, -0.25) is 4.90 Å². The molecule has 1 heterocycles. The predicted molar refractivity (Wildman–Crippen MR) is 82.4 cm³/mol. The van der Waals surface area contributed by atoms with Gasteiger partial charge in [-0.1, -0.05) is 18.2 Å². The van der Waals surface area contributed by atoms with E-state index in [0.29, 0.717) is 16.5 Å². The van der Waals surface area contributed by atoms with Crippen LogP contribution in [0.3, 0.4) is 0 Å². The van der Waals surface area contributed by atoms with Crippen LogP contribution in [0.5, 0.6) is 11.5 Å². The molecule has 5 heteroatoms. The summed E-state index contributed by atoms with van der Waals surface area (Å²) in [5.41, 5.74) is 1.54. The van der Waals surface area contributed by atoms with Gasteiger partial charge in [-0.05, 0) is 38.6 Å². The summed E-state index contributed by atoms with van der Waals surface area (Å²) in [5, 5.41) is 3.98. The van der Waals surface area contributed by atoms with E-state index in [0.717, 1.165) is 24.2 Å². The first-order valence-corrected chi connectivity index (χ1v) is 7.02. The van der Waals surface area contributed by atoms with Crippen molar-refractivity contribution in [2.45, 2.75) is 19.0 Å². The Morgan fingerprint density at radius 3 is 2.70 bits per heavy atom. The summed E-state index contributed by atoms with van der Waals surface area (Å²) in [4.78, 5) is 2.27. The van der Waals surface area contributed by atoms with Crippen molar-refractivity contribution in [1.82, 2.24) is 10.2 Å². The number of benzene rings is 1. The highest BCUT2D eigenvalue weighted by atomic mass is 35.5. The van der Waals surface area contributed by atoms with Crippen molar-refractivity contribution < 1.29 is 9.47 Å². The average Bonchev–Trinajstić information content (AvgIpc) is 2.83. The minimum atomic E-state index is 0.288. The summed E-state index contributed by atoms with van der Waals surface area (Å²) in [6.07, 6.45) is 2.57. The molecule has 1 aliphatic rings. The van der Waals surface area contributed by atoms with Crippen LogP contribution in [0.25, 0.3) is 5.70 Å². The average molecular weight is 297 g/mol. The Labute approximate surface area is 125 Å². The molecule has 20 heavy (non-hydrogen) atoms. The van der Waals surface area contributed by atoms with Crippen LogP contribution in [-0.2, 0) is 0 Å². The number of hydrogen-bond acceptors (Lipinski definition) is 4. The molecule has 0 saturated carbocycles. The van der Waals surface area contributed by atoms with Gasteiger partial charge in [0.1, 0.15) is 11.5 Å². The fourth-order valence-electron chi connectivity index (χ4n) is 2.56. The molecule has 1 aromatic rings. The van der Waals surface area contributed by atoms with Crippen molar-refractivity contribution in [3.05, 3.63) is 29.3 Å². The van der Waals surface area contributed by atoms with Gasteiger partial charge in [-0.2, -0.15) is 0 Å². The Morgan fingerprint density at radius 2 is 2.15 bits per heavy atom. The van der Waals surface area contributed by atoms with E-state index >= 15 is 0 Å². The Morgan fingerprint density at radius 1 is 1.40 bits per heavy atom. The van der Waals surface area contributed by atoms with Crippen LogP contribution in [0.15, 0.2) is 18.7 Å². The number of methoxy groups -OCH3 is 2. The largest absolute Gasteiger partial charge is 0.496 e. The maximum absolute atomic E-state index is 6.19. The Bertz CT molecular complexity index is 505. The zero-order valence-electron chi connectivity index (χ0n) is 12.2. The van der Waals surface area contributed by atoms with E-state index in [1.165, 1.54) is 6.42 Å². The van der Waals surface area contributed by atoms with E-state index in [9.17, 15) is 0 Å². The van der Waals surface area contributed by atoms with Gasteiger partial charge < -0.3 is 14.8 Å². The molecule has 4 nitrogen and oxygen atoms in total. The third-order valence-corrected chi connectivity index (χ3v) is 3.96. The molecule has 0 amide bonds. The van der Waals surface area contributed by atoms with Crippen molar-refractivity contribution in [2.75, 3.05) is 27.8 Å². The van der Waals surface area contributed by atoms with Gasteiger partial charge in [-0.25, -0.2) is 0 Å². The third-order valence-electron chi connectivity index (χ3n) is 3.66. The molecule has 0 bridgehead atoms. The maximum atomic E-state index is 6.19. The number of nitrogens with one attached hydrogen (secondary N) is 1. The molecule has 1 atom stereocenters. The lowest BCUT2D eigenvalue weighted by Gasteiger charge is -2.25. The number of halogens is 1. The molecule has 1 aliphatic heterocycles. The zero-order chi connectivity index (χ0) is 14.7. The van der Waals surface area contributed by atoms with Crippen molar-refractivity contribution in [2.24, 2.45) is 0 Å². The molecular weight excluding hydrogens is 276 g/mol. The summed E-state index contributed by atoms with van der Waals surface area (Å²) in [6.45, 7) is 5.22. The molecule has 0 aliphatic carbocycles. The SMILES string of the molecule is C=C(NC1CCCN1C)c1c(OC)ccc(Cl)c1OC. The van der Waals surface area contributed by atoms with E-state index in [1.807, 2.05) is 6.07 Å². The summed E-state index contributed by atoms with van der Waals surface area (Å²) in [7, 11) is 5.32. The van der Waals surface area contributed by atoms with Crippen LogP contribution < -0.4 is 14.8 Å². The molecule has 1 saturated heterocycles. The number of nitrogens with zero attached hydrogens (tertiary/aromatic N) is 1. The summed E-state index contributed by atoms with van der Waals surface area (Å²) in [5.74, 6) is 1.29. The normalized spacial score (nSPS) is 18.9. The van der Waals surface area contributed by atoms with Crippen LogP contribution in [0.4, 0.5) is 0 Å². The number of rotatable bonds is 5. The quantitative estimate of drug-likeness (QED) is 0.906. The van der Waals surface area contributed by atoms with Gasteiger partial charge in [0.05, 0.1) is 31.0 Å². The minimum absolute atomic E-state index is 0.288. The van der Waals surface area contributed by atoms with Crippen molar-refractivity contribution in [1.29, 1.82) is 0 Å². The monoisotopic (exact) mass is 296 g/mol. The van der Waals surface area contributed by atoms with E-state index < -0.39 is 0 Å². The highest BCUT2D eigenvalue weighted by molar-refractivity contribution is 6.32. The van der Waals surface area contributed by atoms with Gasteiger partial charge in [0.2, 0.25) is 0 Å². The molecule has 0 spiro atoms. The standard InChI is InChI=1S/C15H21ClN2O2/c1-10(17-13-6-5-9-18(13)2)14-12(19-3)8-7-11(16)15(14)20-4/h7-8,13,17H,1,5-6,9H2,2-4H3. The summed E-state index contributed by atoms with van der Waals surface area (Å²) < 4.78 is 10.8. The van der Waals surface area contributed by atoms with Crippen LogP contribution in [0, 0.1) is 0 Å². The number of hydrogen-bond donors (Lipinski definition) is 1. The van der Waals surface area contributed by atoms with Crippen LogP contribution in [-0.4, -0.2) is 38.9 Å². The Kier molecular flexibility index (Phi) is 4.78.